The fourth-order valence-electron chi connectivity index (χ4n) is 1.24. The summed E-state index contributed by atoms with van der Waals surface area (Å²) in [6.07, 6.45) is 0. The van der Waals surface area contributed by atoms with Crippen LogP contribution < -0.4 is 5.30 Å². The first kappa shape index (κ1) is 14.8. The van der Waals surface area contributed by atoms with Gasteiger partial charge in [-0.3, -0.25) is 4.57 Å². The number of benzene rings is 1. The van der Waals surface area contributed by atoms with E-state index in [1.807, 2.05) is 0 Å². The van der Waals surface area contributed by atoms with E-state index in [2.05, 4.69) is 15.9 Å². The summed E-state index contributed by atoms with van der Waals surface area (Å²) in [7, 11) is -3.79. The van der Waals surface area contributed by atoms with Crippen LogP contribution in [0.15, 0.2) is 16.6 Å². The fraction of sp³-hybridized carbons (Fsp3) is 0.400. The average Bonchev–Trinajstić information content (AvgIpc) is 2.24. The molecule has 0 spiro atoms. The SMILES string of the molecule is CCOP(=O)(OCC)c1cc(F)c(Br)cc1F. The molecule has 0 heterocycles. The summed E-state index contributed by atoms with van der Waals surface area (Å²) in [4.78, 5) is 0. The van der Waals surface area contributed by atoms with Crippen LogP contribution in [0.5, 0.6) is 0 Å². The molecule has 0 saturated heterocycles. The Kier molecular flexibility index (Phi) is 5.25. The molecular formula is C10H12BrF2O3P. The summed E-state index contributed by atoms with van der Waals surface area (Å²) in [5.74, 6) is -1.55. The second-order valence-electron chi connectivity index (χ2n) is 3.05. The molecule has 3 nitrogen and oxygen atoms in total. The third-order valence-corrected chi connectivity index (χ3v) is 4.62. The minimum absolute atomic E-state index is 0.0432. The smallest absolute Gasteiger partial charge is 0.305 e. The van der Waals surface area contributed by atoms with E-state index in [1.54, 1.807) is 13.8 Å². The van der Waals surface area contributed by atoms with Crippen molar-refractivity contribution in [3.05, 3.63) is 28.2 Å². The molecule has 0 aromatic heterocycles. The van der Waals surface area contributed by atoms with Gasteiger partial charge in [-0.2, -0.15) is 0 Å². The highest BCUT2D eigenvalue weighted by molar-refractivity contribution is 9.10. The first-order valence-electron chi connectivity index (χ1n) is 4.98. The monoisotopic (exact) mass is 328 g/mol. The molecule has 0 atom stereocenters. The number of hydrogen-bond acceptors (Lipinski definition) is 3. The number of hydrogen-bond donors (Lipinski definition) is 0. The van der Waals surface area contributed by atoms with Gasteiger partial charge in [-0.05, 0) is 41.9 Å². The fourth-order valence-corrected chi connectivity index (χ4v) is 3.18. The lowest BCUT2D eigenvalue weighted by atomic mass is 10.3. The highest BCUT2D eigenvalue weighted by atomic mass is 79.9. The van der Waals surface area contributed by atoms with Crippen molar-refractivity contribution in [2.45, 2.75) is 13.8 Å². The van der Waals surface area contributed by atoms with E-state index in [9.17, 15) is 13.3 Å². The highest BCUT2D eigenvalue weighted by Crippen LogP contribution is 2.47. The Balaban J connectivity index is 3.28. The maximum absolute atomic E-state index is 13.6. The molecule has 0 aliphatic heterocycles. The summed E-state index contributed by atoms with van der Waals surface area (Å²) in [5.41, 5.74) is 0. The summed E-state index contributed by atoms with van der Waals surface area (Å²) < 4.78 is 49.0. The molecule has 0 bridgehead atoms. The van der Waals surface area contributed by atoms with Crippen LogP contribution in [0.1, 0.15) is 13.8 Å². The summed E-state index contributed by atoms with van der Waals surface area (Å²) in [6, 6.07) is 1.72. The third-order valence-electron chi connectivity index (χ3n) is 1.88. The molecule has 0 fully saturated rings. The highest BCUT2D eigenvalue weighted by Gasteiger charge is 2.31. The zero-order chi connectivity index (χ0) is 13.1. The molecule has 1 aromatic rings. The molecule has 1 aromatic carbocycles. The van der Waals surface area contributed by atoms with Gasteiger partial charge in [0.05, 0.1) is 17.7 Å². The Morgan fingerprint density at radius 3 is 2.18 bits per heavy atom. The molecule has 0 radical (unpaired) electrons. The minimum Gasteiger partial charge on any atom is -0.305 e. The van der Waals surface area contributed by atoms with E-state index in [-0.39, 0.29) is 23.0 Å². The molecule has 0 saturated carbocycles. The Morgan fingerprint density at radius 2 is 1.71 bits per heavy atom. The van der Waals surface area contributed by atoms with Crippen molar-refractivity contribution < 1.29 is 22.4 Å². The van der Waals surface area contributed by atoms with Crippen molar-refractivity contribution in [2.24, 2.45) is 0 Å². The predicted molar refractivity (Wildman–Crippen MR) is 64.6 cm³/mol. The molecule has 0 N–H and O–H groups in total. The third kappa shape index (κ3) is 3.35. The van der Waals surface area contributed by atoms with Gasteiger partial charge < -0.3 is 9.05 Å². The van der Waals surface area contributed by atoms with Gasteiger partial charge in [0.15, 0.2) is 0 Å². The summed E-state index contributed by atoms with van der Waals surface area (Å²) >= 11 is 2.84. The van der Waals surface area contributed by atoms with Crippen LogP contribution in [0.4, 0.5) is 8.78 Å². The van der Waals surface area contributed by atoms with Crippen LogP contribution in [0.25, 0.3) is 0 Å². The molecule has 1 rings (SSSR count). The van der Waals surface area contributed by atoms with Crippen LogP contribution in [0.2, 0.25) is 0 Å². The van der Waals surface area contributed by atoms with E-state index < -0.39 is 19.2 Å². The molecule has 0 amide bonds. The number of halogens is 3. The Labute approximate surface area is 107 Å². The van der Waals surface area contributed by atoms with Gasteiger partial charge in [0.2, 0.25) is 0 Å². The van der Waals surface area contributed by atoms with Crippen molar-refractivity contribution in [3.8, 4) is 0 Å². The zero-order valence-electron chi connectivity index (χ0n) is 9.37. The first-order valence-corrected chi connectivity index (χ1v) is 7.32. The van der Waals surface area contributed by atoms with E-state index in [4.69, 9.17) is 9.05 Å². The minimum atomic E-state index is -3.79. The second kappa shape index (κ2) is 6.05. The summed E-state index contributed by atoms with van der Waals surface area (Å²) in [6.45, 7) is 3.35. The van der Waals surface area contributed by atoms with Gasteiger partial charge in [0.1, 0.15) is 16.9 Å². The molecular weight excluding hydrogens is 317 g/mol. The van der Waals surface area contributed by atoms with E-state index in [1.165, 1.54) is 0 Å². The topological polar surface area (TPSA) is 35.5 Å². The summed E-state index contributed by atoms with van der Waals surface area (Å²) in [5, 5.41) is -0.387. The van der Waals surface area contributed by atoms with Crippen molar-refractivity contribution >= 4 is 28.8 Å². The van der Waals surface area contributed by atoms with Crippen molar-refractivity contribution in [1.29, 1.82) is 0 Å². The van der Waals surface area contributed by atoms with Crippen molar-refractivity contribution in [2.75, 3.05) is 13.2 Å². The van der Waals surface area contributed by atoms with E-state index >= 15 is 0 Å². The van der Waals surface area contributed by atoms with Gasteiger partial charge >= 0.3 is 7.60 Å². The van der Waals surface area contributed by atoms with Crippen LogP contribution in [-0.2, 0) is 13.6 Å². The quantitative estimate of drug-likeness (QED) is 0.611. The normalized spacial score (nSPS) is 11.8. The average molecular weight is 329 g/mol. The molecule has 0 aliphatic rings. The Bertz CT molecular complexity index is 443. The Hall–Kier alpha value is -0.290. The van der Waals surface area contributed by atoms with Gasteiger partial charge in [0.25, 0.3) is 0 Å². The van der Waals surface area contributed by atoms with Crippen LogP contribution in [0, 0.1) is 11.6 Å². The predicted octanol–water partition coefficient (Wildman–Crippen LogP) is 3.62. The van der Waals surface area contributed by atoms with Gasteiger partial charge in [-0.25, -0.2) is 8.78 Å². The first-order chi connectivity index (χ1) is 7.94. The molecule has 0 aliphatic carbocycles. The molecule has 0 unspecified atom stereocenters. The van der Waals surface area contributed by atoms with Gasteiger partial charge in [-0.15, -0.1) is 0 Å². The second-order valence-corrected chi connectivity index (χ2v) is 5.90. The molecule has 7 heteroatoms. The van der Waals surface area contributed by atoms with Crippen molar-refractivity contribution in [3.63, 3.8) is 0 Å². The Morgan fingerprint density at radius 1 is 1.18 bits per heavy atom. The van der Waals surface area contributed by atoms with E-state index in [0.717, 1.165) is 12.1 Å². The lowest BCUT2D eigenvalue weighted by Gasteiger charge is -2.17. The number of rotatable bonds is 5. The molecule has 96 valence electrons. The lowest BCUT2D eigenvalue weighted by molar-refractivity contribution is 0.229. The van der Waals surface area contributed by atoms with Crippen molar-refractivity contribution in [1.82, 2.24) is 0 Å². The van der Waals surface area contributed by atoms with Crippen LogP contribution >= 0.6 is 23.5 Å². The van der Waals surface area contributed by atoms with Crippen LogP contribution in [0.3, 0.4) is 0 Å². The molecule has 17 heavy (non-hydrogen) atoms. The zero-order valence-corrected chi connectivity index (χ0v) is 11.9. The maximum Gasteiger partial charge on any atom is 0.364 e. The van der Waals surface area contributed by atoms with Gasteiger partial charge in [0, 0.05) is 0 Å². The van der Waals surface area contributed by atoms with E-state index in [0.29, 0.717) is 0 Å². The largest absolute Gasteiger partial charge is 0.364 e. The van der Waals surface area contributed by atoms with Crippen LogP contribution in [-0.4, -0.2) is 13.2 Å². The van der Waals surface area contributed by atoms with Gasteiger partial charge in [-0.1, -0.05) is 0 Å². The standard InChI is InChI=1S/C10H12BrF2O3P/c1-3-15-17(14,16-4-2)10-6-8(12)7(11)5-9(10)13/h5-6H,3-4H2,1-2H3. The maximum atomic E-state index is 13.6. The lowest BCUT2D eigenvalue weighted by Crippen LogP contribution is -2.15.